The lowest BCUT2D eigenvalue weighted by Gasteiger charge is -2.23. The summed E-state index contributed by atoms with van der Waals surface area (Å²) in [4.78, 5) is 32.3. The third-order valence-electron chi connectivity index (χ3n) is 5.11. The Morgan fingerprint density at radius 1 is 1.07 bits per heavy atom. The lowest BCUT2D eigenvalue weighted by molar-refractivity contribution is -0.130. The van der Waals surface area contributed by atoms with Crippen molar-refractivity contribution in [2.45, 2.75) is 26.7 Å². The van der Waals surface area contributed by atoms with Crippen LogP contribution in [0.25, 0.3) is 0 Å². The highest BCUT2D eigenvalue weighted by Gasteiger charge is 2.24. The number of aromatic nitrogens is 1. The summed E-state index contributed by atoms with van der Waals surface area (Å²) in [6.45, 7) is 6.34. The maximum Gasteiger partial charge on any atom is 0.254 e. The lowest BCUT2D eigenvalue weighted by Crippen LogP contribution is -2.38. The van der Waals surface area contributed by atoms with E-state index in [1.807, 2.05) is 54.1 Å². The molecule has 27 heavy (non-hydrogen) atoms. The Morgan fingerprint density at radius 3 is 2.52 bits per heavy atom. The molecule has 1 aromatic heterocycles. The van der Waals surface area contributed by atoms with Crippen molar-refractivity contribution in [3.63, 3.8) is 0 Å². The number of ether oxygens (including phenoxy) is 1. The number of carbonyl (C=O) groups excluding carboxylic acids is 2. The number of nitrogens with one attached hydrogen (secondary N) is 1. The molecule has 6 heteroatoms. The molecule has 1 aromatic carbocycles. The number of hydrogen-bond acceptors (Lipinski definition) is 3. The molecule has 0 aliphatic carbocycles. The van der Waals surface area contributed by atoms with E-state index in [0.29, 0.717) is 38.2 Å². The Kier molecular flexibility index (Phi) is 5.84. The third-order valence-corrected chi connectivity index (χ3v) is 5.11. The Morgan fingerprint density at radius 2 is 1.81 bits per heavy atom. The van der Waals surface area contributed by atoms with Gasteiger partial charge >= 0.3 is 0 Å². The van der Waals surface area contributed by atoms with Crippen molar-refractivity contribution in [1.29, 1.82) is 0 Å². The summed E-state index contributed by atoms with van der Waals surface area (Å²) in [6.07, 6.45) is 2.98. The highest BCUT2D eigenvalue weighted by Crippen LogP contribution is 2.24. The second kappa shape index (κ2) is 8.29. The minimum absolute atomic E-state index is 0.0249. The van der Waals surface area contributed by atoms with Crippen LogP contribution in [0.3, 0.4) is 0 Å². The minimum atomic E-state index is 0.0249. The zero-order chi connectivity index (χ0) is 19.4. The summed E-state index contributed by atoms with van der Waals surface area (Å²) in [6, 6.07) is 7.62. The van der Waals surface area contributed by atoms with Gasteiger partial charge in [-0.25, -0.2) is 0 Å². The molecule has 0 unspecified atom stereocenters. The van der Waals surface area contributed by atoms with Crippen LogP contribution >= 0.6 is 0 Å². The Hall–Kier alpha value is -2.76. The third kappa shape index (κ3) is 4.32. The van der Waals surface area contributed by atoms with E-state index in [4.69, 9.17) is 4.74 Å². The molecule has 1 saturated heterocycles. The van der Waals surface area contributed by atoms with Crippen molar-refractivity contribution in [3.05, 3.63) is 52.8 Å². The molecule has 0 saturated carbocycles. The summed E-state index contributed by atoms with van der Waals surface area (Å²) in [5, 5.41) is 0. The fourth-order valence-corrected chi connectivity index (χ4v) is 3.53. The van der Waals surface area contributed by atoms with E-state index < -0.39 is 0 Å². The molecule has 0 bridgehead atoms. The molecule has 1 aliphatic rings. The summed E-state index contributed by atoms with van der Waals surface area (Å²) in [7, 11) is 1.64. The van der Waals surface area contributed by atoms with Gasteiger partial charge in [-0.15, -0.1) is 0 Å². The Balaban J connectivity index is 1.66. The van der Waals surface area contributed by atoms with Gasteiger partial charge in [0, 0.05) is 43.6 Å². The van der Waals surface area contributed by atoms with Crippen LogP contribution in [0, 0.1) is 13.8 Å². The van der Waals surface area contributed by atoms with Crippen LogP contribution in [0.5, 0.6) is 5.75 Å². The monoisotopic (exact) mass is 369 g/mol. The SMILES string of the molecule is COc1cc(C)c(C(=O)N2CCCN(C(=O)Cc3ccc[nH]3)CC2)cc1C. The predicted octanol–water partition coefficient (Wildman–Crippen LogP) is 2.56. The van der Waals surface area contributed by atoms with Gasteiger partial charge in [0.25, 0.3) is 5.91 Å². The summed E-state index contributed by atoms with van der Waals surface area (Å²) < 4.78 is 5.34. The standard InChI is InChI=1S/C21H27N3O3/c1-15-13-19(27-3)16(2)12-18(15)21(26)24-9-5-8-23(10-11-24)20(25)14-17-6-4-7-22-17/h4,6-7,12-13,22H,5,8-11,14H2,1-3H3. The quantitative estimate of drug-likeness (QED) is 0.901. The summed E-state index contributed by atoms with van der Waals surface area (Å²) in [5.74, 6) is 0.918. The lowest BCUT2D eigenvalue weighted by atomic mass is 10.0. The van der Waals surface area contributed by atoms with Gasteiger partial charge < -0.3 is 19.5 Å². The molecule has 0 atom stereocenters. The van der Waals surface area contributed by atoms with Gasteiger partial charge in [0.2, 0.25) is 5.91 Å². The van der Waals surface area contributed by atoms with Crippen LogP contribution in [-0.4, -0.2) is 59.9 Å². The van der Waals surface area contributed by atoms with Gasteiger partial charge in [-0.05, 0) is 55.7 Å². The van der Waals surface area contributed by atoms with Crippen LogP contribution in [-0.2, 0) is 11.2 Å². The number of benzene rings is 1. The van der Waals surface area contributed by atoms with Crippen molar-refractivity contribution >= 4 is 11.8 Å². The average Bonchev–Trinajstić information content (AvgIpc) is 3.03. The molecule has 2 aromatic rings. The second-order valence-corrected chi connectivity index (χ2v) is 7.04. The molecule has 2 heterocycles. The van der Waals surface area contributed by atoms with Gasteiger partial charge in [0.15, 0.2) is 0 Å². The fourth-order valence-electron chi connectivity index (χ4n) is 3.53. The van der Waals surface area contributed by atoms with Crippen LogP contribution in [0.1, 0.15) is 33.6 Å². The second-order valence-electron chi connectivity index (χ2n) is 7.04. The normalized spacial score (nSPS) is 14.8. The molecule has 2 amide bonds. The first-order valence-electron chi connectivity index (χ1n) is 9.34. The van der Waals surface area contributed by atoms with E-state index in [0.717, 1.165) is 29.0 Å². The van der Waals surface area contributed by atoms with Crippen LogP contribution in [0.15, 0.2) is 30.5 Å². The topological polar surface area (TPSA) is 65.6 Å². The number of aromatic amines is 1. The van der Waals surface area contributed by atoms with Crippen molar-refractivity contribution in [1.82, 2.24) is 14.8 Å². The van der Waals surface area contributed by atoms with Gasteiger partial charge in [-0.2, -0.15) is 0 Å². The first-order valence-corrected chi connectivity index (χ1v) is 9.34. The number of carbonyl (C=O) groups is 2. The molecule has 1 aliphatic heterocycles. The van der Waals surface area contributed by atoms with Crippen LogP contribution in [0.2, 0.25) is 0 Å². The molecule has 1 N–H and O–H groups in total. The first-order chi connectivity index (χ1) is 13.0. The van der Waals surface area contributed by atoms with E-state index in [1.165, 1.54) is 0 Å². The van der Waals surface area contributed by atoms with Crippen LogP contribution < -0.4 is 4.74 Å². The summed E-state index contributed by atoms with van der Waals surface area (Å²) >= 11 is 0. The molecule has 144 valence electrons. The fraction of sp³-hybridized carbons (Fsp3) is 0.429. The molecular formula is C21H27N3O3. The molecule has 0 spiro atoms. The Bertz CT molecular complexity index is 814. The average molecular weight is 369 g/mol. The number of nitrogens with zero attached hydrogens (tertiary/aromatic N) is 2. The molecule has 6 nitrogen and oxygen atoms in total. The molecule has 1 fully saturated rings. The number of aryl methyl sites for hydroxylation is 2. The van der Waals surface area contributed by atoms with E-state index in [2.05, 4.69) is 4.98 Å². The van der Waals surface area contributed by atoms with Crippen molar-refractivity contribution < 1.29 is 14.3 Å². The predicted molar refractivity (Wildman–Crippen MR) is 104 cm³/mol. The van der Waals surface area contributed by atoms with Crippen molar-refractivity contribution in [3.8, 4) is 5.75 Å². The van der Waals surface area contributed by atoms with Gasteiger partial charge in [0.05, 0.1) is 13.5 Å². The van der Waals surface area contributed by atoms with Gasteiger partial charge in [-0.1, -0.05) is 0 Å². The number of hydrogen-bond donors (Lipinski definition) is 1. The zero-order valence-corrected chi connectivity index (χ0v) is 16.2. The Labute approximate surface area is 160 Å². The smallest absolute Gasteiger partial charge is 0.254 e. The number of methoxy groups -OCH3 is 1. The number of H-pyrrole nitrogens is 1. The number of rotatable bonds is 4. The molecular weight excluding hydrogens is 342 g/mol. The van der Waals surface area contributed by atoms with Gasteiger partial charge in [0.1, 0.15) is 5.75 Å². The molecule has 0 radical (unpaired) electrons. The van der Waals surface area contributed by atoms with Crippen molar-refractivity contribution in [2.75, 3.05) is 33.3 Å². The largest absolute Gasteiger partial charge is 0.496 e. The molecule has 3 rings (SSSR count). The van der Waals surface area contributed by atoms with E-state index in [-0.39, 0.29) is 11.8 Å². The minimum Gasteiger partial charge on any atom is -0.496 e. The highest BCUT2D eigenvalue weighted by atomic mass is 16.5. The first kappa shape index (κ1) is 19.0. The van der Waals surface area contributed by atoms with Gasteiger partial charge in [-0.3, -0.25) is 9.59 Å². The van der Waals surface area contributed by atoms with Crippen molar-refractivity contribution in [2.24, 2.45) is 0 Å². The van der Waals surface area contributed by atoms with E-state index in [9.17, 15) is 9.59 Å². The van der Waals surface area contributed by atoms with E-state index >= 15 is 0 Å². The zero-order valence-electron chi connectivity index (χ0n) is 16.2. The highest BCUT2D eigenvalue weighted by molar-refractivity contribution is 5.96. The maximum atomic E-state index is 13.0. The maximum absolute atomic E-state index is 13.0. The number of amides is 2. The van der Waals surface area contributed by atoms with Crippen LogP contribution in [0.4, 0.5) is 0 Å². The summed E-state index contributed by atoms with van der Waals surface area (Å²) in [5.41, 5.74) is 3.48. The van der Waals surface area contributed by atoms with E-state index in [1.54, 1.807) is 7.11 Å².